The van der Waals surface area contributed by atoms with Crippen molar-refractivity contribution in [2.24, 2.45) is 0 Å². The first-order valence-electron chi connectivity index (χ1n) is 5.48. The summed E-state index contributed by atoms with van der Waals surface area (Å²) in [6.45, 7) is 2.88. The number of sulfonamides is 1. The van der Waals surface area contributed by atoms with Crippen molar-refractivity contribution in [3.8, 4) is 0 Å². The van der Waals surface area contributed by atoms with Gasteiger partial charge in [0, 0.05) is 18.2 Å². The van der Waals surface area contributed by atoms with Gasteiger partial charge in [0.2, 0.25) is 10.0 Å². The highest BCUT2D eigenvalue weighted by Gasteiger charge is 2.26. The lowest BCUT2D eigenvalue weighted by Gasteiger charge is -2.16. The zero-order valence-corrected chi connectivity index (χ0v) is 11.1. The first-order chi connectivity index (χ1) is 8.63. The van der Waals surface area contributed by atoms with Gasteiger partial charge in [0.15, 0.2) is 4.90 Å². The third-order valence-corrected chi connectivity index (χ3v) is 3.92. The van der Waals surface area contributed by atoms with Crippen molar-refractivity contribution in [2.75, 3.05) is 0 Å². The Morgan fingerprint density at radius 3 is 2.11 bits per heavy atom. The van der Waals surface area contributed by atoms with Crippen LogP contribution in [0.3, 0.4) is 0 Å². The number of halogens is 3. The van der Waals surface area contributed by atoms with Crippen LogP contribution in [0.15, 0.2) is 17.0 Å². The molecule has 0 aliphatic carbocycles. The monoisotopic (exact) mass is 297 g/mol. The average molecular weight is 297 g/mol. The fourth-order valence-corrected chi connectivity index (χ4v) is 3.04. The van der Waals surface area contributed by atoms with Gasteiger partial charge in [-0.1, -0.05) is 0 Å². The fraction of sp³-hybridized carbons (Fsp3) is 0.455. The Morgan fingerprint density at radius 2 is 1.68 bits per heavy atom. The second-order valence-electron chi connectivity index (χ2n) is 4.31. The van der Waals surface area contributed by atoms with Crippen molar-refractivity contribution in [1.29, 1.82) is 0 Å². The van der Waals surface area contributed by atoms with Gasteiger partial charge >= 0.3 is 0 Å². The molecular weight excluding hydrogens is 283 g/mol. The predicted octanol–water partition coefficient (Wildman–Crippen LogP) is 1.54. The van der Waals surface area contributed by atoms with E-state index in [1.165, 1.54) is 13.8 Å². The van der Waals surface area contributed by atoms with Crippen LogP contribution >= 0.6 is 0 Å². The molecule has 2 N–H and O–H groups in total. The van der Waals surface area contributed by atoms with Gasteiger partial charge in [0.25, 0.3) is 0 Å². The first-order valence-corrected chi connectivity index (χ1v) is 6.96. The molecule has 0 heterocycles. The summed E-state index contributed by atoms with van der Waals surface area (Å²) in [6, 6.07) is -0.151. The number of aliphatic hydroxyl groups excluding tert-OH is 1. The number of aliphatic hydroxyl groups is 1. The van der Waals surface area contributed by atoms with Gasteiger partial charge in [-0.3, -0.25) is 0 Å². The van der Waals surface area contributed by atoms with E-state index in [1.54, 1.807) is 0 Å². The van der Waals surface area contributed by atoms with Gasteiger partial charge < -0.3 is 5.11 Å². The van der Waals surface area contributed by atoms with Crippen LogP contribution in [0.4, 0.5) is 13.2 Å². The quantitative estimate of drug-likeness (QED) is 0.866. The molecule has 0 aliphatic heterocycles. The number of hydrogen-bond acceptors (Lipinski definition) is 3. The Kier molecular flexibility index (Phi) is 4.94. The number of hydrogen-bond donors (Lipinski definition) is 2. The summed E-state index contributed by atoms with van der Waals surface area (Å²) < 4.78 is 65.0. The van der Waals surface area contributed by atoms with Gasteiger partial charge in [-0.2, -0.15) is 0 Å². The predicted molar refractivity (Wildman–Crippen MR) is 62.4 cm³/mol. The highest BCUT2D eigenvalue weighted by molar-refractivity contribution is 7.89. The van der Waals surface area contributed by atoms with E-state index < -0.39 is 44.5 Å². The van der Waals surface area contributed by atoms with E-state index >= 15 is 0 Å². The average Bonchev–Trinajstić information content (AvgIpc) is 2.10. The molecule has 4 nitrogen and oxygen atoms in total. The van der Waals surface area contributed by atoms with Crippen LogP contribution in [-0.2, 0) is 10.0 Å². The topological polar surface area (TPSA) is 66.4 Å². The van der Waals surface area contributed by atoms with E-state index in [9.17, 15) is 21.6 Å². The summed E-state index contributed by atoms with van der Waals surface area (Å²) >= 11 is 0. The van der Waals surface area contributed by atoms with Crippen molar-refractivity contribution < 1.29 is 26.7 Å². The van der Waals surface area contributed by atoms with Gasteiger partial charge in [-0.15, -0.1) is 0 Å². The Labute approximate surface area is 109 Å². The van der Waals surface area contributed by atoms with E-state index in [1.807, 2.05) is 4.72 Å². The van der Waals surface area contributed by atoms with E-state index in [0.29, 0.717) is 0 Å². The van der Waals surface area contributed by atoms with Crippen LogP contribution in [0.2, 0.25) is 0 Å². The second-order valence-corrected chi connectivity index (χ2v) is 5.96. The van der Waals surface area contributed by atoms with Gasteiger partial charge in [-0.25, -0.2) is 26.3 Å². The minimum Gasteiger partial charge on any atom is -0.393 e. The summed E-state index contributed by atoms with van der Waals surface area (Å²) in [6.07, 6.45) is -0.704. The van der Waals surface area contributed by atoms with Crippen LogP contribution in [-0.4, -0.2) is 25.7 Å². The largest absolute Gasteiger partial charge is 0.393 e. The highest BCUT2D eigenvalue weighted by Crippen LogP contribution is 2.20. The van der Waals surface area contributed by atoms with Crippen molar-refractivity contribution in [1.82, 2.24) is 4.72 Å². The zero-order chi connectivity index (χ0) is 14.8. The van der Waals surface area contributed by atoms with Gasteiger partial charge in [0.1, 0.15) is 17.5 Å². The molecule has 0 spiro atoms. The molecule has 0 fully saturated rings. The molecule has 2 atom stereocenters. The van der Waals surface area contributed by atoms with Gasteiger partial charge in [0.05, 0.1) is 6.10 Å². The summed E-state index contributed by atoms with van der Waals surface area (Å²) in [5, 5.41) is 9.10. The summed E-state index contributed by atoms with van der Waals surface area (Å²) in [5.74, 6) is -4.21. The van der Waals surface area contributed by atoms with E-state index in [2.05, 4.69) is 0 Å². The minimum atomic E-state index is -4.46. The molecule has 8 heteroatoms. The molecule has 1 aromatic rings. The number of nitrogens with one attached hydrogen (secondary N) is 1. The normalized spacial score (nSPS) is 15.3. The van der Waals surface area contributed by atoms with Gasteiger partial charge in [-0.05, 0) is 20.3 Å². The lowest BCUT2D eigenvalue weighted by Crippen LogP contribution is -2.35. The standard InChI is InChI=1S/C11H14F3NO3S/c1-6(3-7(2)16)15-19(17,18)11-9(13)4-8(12)5-10(11)14/h4-7,15-16H,3H2,1-2H3. The minimum absolute atomic E-state index is 0.0731. The molecule has 0 saturated carbocycles. The van der Waals surface area contributed by atoms with Crippen LogP contribution in [0.25, 0.3) is 0 Å². The molecule has 2 unspecified atom stereocenters. The molecule has 1 rings (SSSR count). The molecule has 1 aromatic carbocycles. The maximum Gasteiger partial charge on any atom is 0.246 e. The van der Waals surface area contributed by atoms with Crippen LogP contribution in [0, 0.1) is 17.5 Å². The third kappa shape index (κ3) is 4.19. The lowest BCUT2D eigenvalue weighted by molar-refractivity contribution is 0.175. The third-order valence-electron chi connectivity index (χ3n) is 2.28. The van der Waals surface area contributed by atoms with Crippen LogP contribution in [0.5, 0.6) is 0 Å². The Morgan fingerprint density at radius 1 is 1.21 bits per heavy atom. The van der Waals surface area contributed by atoms with Crippen LogP contribution < -0.4 is 4.72 Å². The maximum absolute atomic E-state index is 13.4. The summed E-state index contributed by atoms with van der Waals surface area (Å²) in [4.78, 5) is -1.23. The van der Waals surface area contributed by atoms with Crippen molar-refractivity contribution in [2.45, 2.75) is 37.3 Å². The fourth-order valence-electron chi connectivity index (χ4n) is 1.67. The van der Waals surface area contributed by atoms with Crippen molar-refractivity contribution in [3.05, 3.63) is 29.6 Å². The number of benzene rings is 1. The van der Waals surface area contributed by atoms with Crippen LogP contribution in [0.1, 0.15) is 20.3 Å². The van der Waals surface area contributed by atoms with Crippen molar-refractivity contribution >= 4 is 10.0 Å². The Bertz CT molecular complexity index is 537. The molecular formula is C11H14F3NO3S. The summed E-state index contributed by atoms with van der Waals surface area (Å²) in [7, 11) is -4.46. The lowest BCUT2D eigenvalue weighted by atomic mass is 10.2. The first kappa shape index (κ1) is 15.9. The smallest absolute Gasteiger partial charge is 0.246 e. The second kappa shape index (κ2) is 5.89. The molecule has 0 saturated heterocycles. The van der Waals surface area contributed by atoms with E-state index in [-0.39, 0.29) is 18.6 Å². The number of rotatable bonds is 5. The van der Waals surface area contributed by atoms with Crippen molar-refractivity contribution in [3.63, 3.8) is 0 Å². The molecule has 0 aliphatic rings. The molecule has 0 radical (unpaired) electrons. The highest BCUT2D eigenvalue weighted by atomic mass is 32.2. The van der Waals surface area contributed by atoms with E-state index in [4.69, 9.17) is 5.11 Å². The molecule has 0 aromatic heterocycles. The van der Waals surface area contributed by atoms with E-state index in [0.717, 1.165) is 0 Å². The zero-order valence-electron chi connectivity index (χ0n) is 10.3. The Hall–Kier alpha value is -1.12. The summed E-state index contributed by atoms with van der Waals surface area (Å²) in [5.41, 5.74) is 0. The Balaban J connectivity index is 3.08. The molecule has 108 valence electrons. The molecule has 0 amide bonds. The SMILES string of the molecule is CC(O)CC(C)NS(=O)(=O)c1c(F)cc(F)cc1F. The maximum atomic E-state index is 13.4. The molecule has 19 heavy (non-hydrogen) atoms. The molecule has 0 bridgehead atoms.